The van der Waals surface area contributed by atoms with E-state index in [0.717, 1.165) is 6.42 Å². The first kappa shape index (κ1) is 14.4. The van der Waals surface area contributed by atoms with Crippen molar-refractivity contribution in [1.29, 1.82) is 0 Å². The molecule has 17 heavy (non-hydrogen) atoms. The zero-order chi connectivity index (χ0) is 12.7. The maximum atomic E-state index is 12.1. The van der Waals surface area contributed by atoms with Gasteiger partial charge in [-0.2, -0.15) is 0 Å². The number of nitrogens with two attached hydrogens (primary N) is 1. The maximum absolute atomic E-state index is 12.1. The largest absolute Gasteiger partial charge is 0.391 e. The number of aliphatic hydroxyl groups is 1. The number of nitrogens with one attached hydrogen (secondary N) is 1. The quantitative estimate of drug-likeness (QED) is 0.615. The third-order valence-corrected chi connectivity index (χ3v) is 3.44. The van der Waals surface area contributed by atoms with Crippen LogP contribution in [0.2, 0.25) is 0 Å². The fourth-order valence-electron chi connectivity index (χ4n) is 2.12. The SMILES string of the molecule is CCCC(O)CNC(=O)C1(CN)CCOCC1. The molecule has 0 saturated carbocycles. The Morgan fingerprint density at radius 3 is 2.71 bits per heavy atom. The molecule has 100 valence electrons. The highest BCUT2D eigenvalue weighted by molar-refractivity contribution is 5.83. The van der Waals surface area contributed by atoms with Crippen molar-refractivity contribution >= 4 is 5.91 Å². The molecule has 1 amide bonds. The number of amides is 1. The predicted molar refractivity (Wildman–Crippen MR) is 65.5 cm³/mol. The zero-order valence-corrected chi connectivity index (χ0v) is 10.6. The van der Waals surface area contributed by atoms with E-state index in [9.17, 15) is 9.90 Å². The molecule has 4 N–H and O–H groups in total. The molecule has 1 atom stereocenters. The van der Waals surface area contributed by atoms with Gasteiger partial charge >= 0.3 is 0 Å². The number of ether oxygens (including phenoxy) is 1. The Hall–Kier alpha value is -0.650. The number of rotatable bonds is 6. The lowest BCUT2D eigenvalue weighted by Gasteiger charge is -2.34. The van der Waals surface area contributed by atoms with E-state index in [2.05, 4.69) is 5.32 Å². The average Bonchev–Trinajstić information content (AvgIpc) is 2.37. The molecular weight excluding hydrogens is 220 g/mol. The Morgan fingerprint density at radius 1 is 1.53 bits per heavy atom. The summed E-state index contributed by atoms with van der Waals surface area (Å²) in [6, 6.07) is 0. The molecule has 5 heteroatoms. The number of hydrogen-bond acceptors (Lipinski definition) is 4. The molecule has 0 radical (unpaired) electrons. The highest BCUT2D eigenvalue weighted by atomic mass is 16.5. The van der Waals surface area contributed by atoms with Crippen LogP contribution in [0.1, 0.15) is 32.6 Å². The van der Waals surface area contributed by atoms with E-state index in [0.29, 0.717) is 45.6 Å². The summed E-state index contributed by atoms with van der Waals surface area (Å²) in [6.07, 6.45) is 2.49. The Balaban J connectivity index is 2.43. The molecule has 1 fully saturated rings. The van der Waals surface area contributed by atoms with Crippen LogP contribution >= 0.6 is 0 Å². The monoisotopic (exact) mass is 244 g/mol. The van der Waals surface area contributed by atoms with E-state index in [1.165, 1.54) is 0 Å². The summed E-state index contributed by atoms with van der Waals surface area (Å²) in [6.45, 7) is 3.83. The van der Waals surface area contributed by atoms with Crippen molar-refractivity contribution in [2.24, 2.45) is 11.1 Å². The van der Waals surface area contributed by atoms with Crippen molar-refractivity contribution in [3.8, 4) is 0 Å². The molecule has 1 rings (SSSR count). The molecule has 1 heterocycles. The van der Waals surface area contributed by atoms with Crippen LogP contribution in [0.3, 0.4) is 0 Å². The van der Waals surface area contributed by atoms with Crippen molar-refractivity contribution in [3.05, 3.63) is 0 Å². The van der Waals surface area contributed by atoms with Gasteiger partial charge in [-0.1, -0.05) is 13.3 Å². The third kappa shape index (κ3) is 3.94. The number of carbonyl (C=O) groups excluding carboxylic acids is 1. The third-order valence-electron chi connectivity index (χ3n) is 3.44. The van der Waals surface area contributed by atoms with Crippen LogP contribution in [0.15, 0.2) is 0 Å². The molecule has 0 aromatic carbocycles. The summed E-state index contributed by atoms with van der Waals surface area (Å²) in [5.74, 6) is -0.0431. The van der Waals surface area contributed by atoms with E-state index < -0.39 is 11.5 Å². The normalized spacial score (nSPS) is 20.9. The Bertz CT molecular complexity index is 240. The summed E-state index contributed by atoms with van der Waals surface area (Å²) < 4.78 is 5.26. The molecule has 0 aromatic heterocycles. The van der Waals surface area contributed by atoms with Gasteiger partial charge < -0.3 is 20.9 Å². The van der Waals surface area contributed by atoms with Crippen molar-refractivity contribution in [2.75, 3.05) is 26.3 Å². The van der Waals surface area contributed by atoms with Gasteiger partial charge in [-0.05, 0) is 19.3 Å². The van der Waals surface area contributed by atoms with Gasteiger partial charge in [0, 0.05) is 26.3 Å². The fraction of sp³-hybridized carbons (Fsp3) is 0.917. The molecule has 0 spiro atoms. The molecule has 1 unspecified atom stereocenters. The average molecular weight is 244 g/mol. The van der Waals surface area contributed by atoms with Crippen LogP contribution in [0.5, 0.6) is 0 Å². The van der Waals surface area contributed by atoms with Crippen molar-refractivity contribution in [1.82, 2.24) is 5.32 Å². The fourth-order valence-corrected chi connectivity index (χ4v) is 2.12. The lowest BCUT2D eigenvalue weighted by Crippen LogP contribution is -2.50. The van der Waals surface area contributed by atoms with Gasteiger partial charge in [-0.25, -0.2) is 0 Å². The first-order valence-corrected chi connectivity index (χ1v) is 6.39. The van der Waals surface area contributed by atoms with Gasteiger partial charge in [0.1, 0.15) is 0 Å². The first-order chi connectivity index (χ1) is 8.14. The molecule has 0 aliphatic carbocycles. The summed E-state index contributed by atoms with van der Waals surface area (Å²) >= 11 is 0. The minimum Gasteiger partial charge on any atom is -0.391 e. The van der Waals surface area contributed by atoms with Crippen LogP contribution in [0.4, 0.5) is 0 Å². The summed E-state index contributed by atoms with van der Waals surface area (Å²) in [5, 5.41) is 12.4. The lowest BCUT2D eigenvalue weighted by molar-refractivity contribution is -0.136. The number of hydrogen-bond donors (Lipinski definition) is 3. The van der Waals surface area contributed by atoms with Gasteiger partial charge in [0.2, 0.25) is 5.91 Å². The lowest BCUT2D eigenvalue weighted by atomic mass is 9.79. The van der Waals surface area contributed by atoms with Crippen molar-refractivity contribution in [2.45, 2.75) is 38.7 Å². The van der Waals surface area contributed by atoms with Crippen LogP contribution in [0, 0.1) is 5.41 Å². The molecular formula is C12H24N2O3. The first-order valence-electron chi connectivity index (χ1n) is 6.39. The Kier molecular flexibility index (Phi) is 5.88. The van der Waals surface area contributed by atoms with Crippen molar-refractivity contribution < 1.29 is 14.6 Å². The highest BCUT2D eigenvalue weighted by Crippen LogP contribution is 2.29. The van der Waals surface area contributed by atoms with Gasteiger partial charge in [0.25, 0.3) is 0 Å². The van der Waals surface area contributed by atoms with E-state index in [-0.39, 0.29) is 5.91 Å². The second-order valence-corrected chi connectivity index (χ2v) is 4.75. The maximum Gasteiger partial charge on any atom is 0.227 e. The van der Waals surface area contributed by atoms with Crippen molar-refractivity contribution in [3.63, 3.8) is 0 Å². The summed E-state index contributed by atoms with van der Waals surface area (Å²) in [4.78, 5) is 12.1. The van der Waals surface area contributed by atoms with Crippen LogP contribution in [-0.4, -0.2) is 43.4 Å². The van der Waals surface area contributed by atoms with E-state index in [1.807, 2.05) is 6.92 Å². The topological polar surface area (TPSA) is 84.6 Å². The molecule has 1 saturated heterocycles. The Morgan fingerprint density at radius 2 is 2.18 bits per heavy atom. The minimum absolute atomic E-state index is 0.0431. The molecule has 1 aliphatic rings. The van der Waals surface area contributed by atoms with Gasteiger partial charge in [-0.15, -0.1) is 0 Å². The minimum atomic E-state index is -0.496. The summed E-state index contributed by atoms with van der Waals surface area (Å²) in [5.41, 5.74) is 5.23. The molecule has 0 aromatic rings. The van der Waals surface area contributed by atoms with Gasteiger partial charge in [0.15, 0.2) is 0 Å². The smallest absolute Gasteiger partial charge is 0.227 e. The summed E-state index contributed by atoms with van der Waals surface area (Å²) in [7, 11) is 0. The highest BCUT2D eigenvalue weighted by Gasteiger charge is 2.38. The van der Waals surface area contributed by atoms with Gasteiger partial charge in [-0.3, -0.25) is 4.79 Å². The van der Waals surface area contributed by atoms with Crippen LogP contribution in [-0.2, 0) is 9.53 Å². The van der Waals surface area contributed by atoms with E-state index in [1.54, 1.807) is 0 Å². The molecule has 0 bridgehead atoms. The predicted octanol–water partition coefficient (Wildman–Crippen LogP) is 0.0191. The number of aliphatic hydroxyl groups excluding tert-OH is 1. The van der Waals surface area contributed by atoms with E-state index >= 15 is 0 Å². The van der Waals surface area contributed by atoms with Crippen LogP contribution in [0.25, 0.3) is 0 Å². The Labute approximate surface area is 103 Å². The number of carbonyl (C=O) groups is 1. The zero-order valence-electron chi connectivity index (χ0n) is 10.6. The van der Waals surface area contributed by atoms with E-state index in [4.69, 9.17) is 10.5 Å². The second-order valence-electron chi connectivity index (χ2n) is 4.75. The van der Waals surface area contributed by atoms with Gasteiger partial charge in [0.05, 0.1) is 11.5 Å². The molecule has 5 nitrogen and oxygen atoms in total. The van der Waals surface area contributed by atoms with Crippen LogP contribution < -0.4 is 11.1 Å². The second kappa shape index (κ2) is 6.93. The standard InChI is InChI=1S/C12H24N2O3/c1-2-3-10(15)8-14-11(16)12(9-13)4-6-17-7-5-12/h10,15H,2-9,13H2,1H3,(H,14,16). The molecule has 1 aliphatic heterocycles.